The van der Waals surface area contributed by atoms with Crippen LogP contribution in [0.15, 0.2) is 180 Å². The first-order valence-electron chi connectivity index (χ1n) is 17.3. The fourth-order valence-electron chi connectivity index (χ4n) is 7.98. The zero-order valence-corrected chi connectivity index (χ0v) is 27.7. The van der Waals surface area contributed by atoms with Crippen molar-refractivity contribution in [1.82, 2.24) is 0 Å². The molecule has 50 heavy (non-hydrogen) atoms. The van der Waals surface area contributed by atoms with Gasteiger partial charge in [0.1, 0.15) is 11.2 Å². The Labute approximate surface area is 290 Å². The molecule has 9 aromatic carbocycles. The van der Waals surface area contributed by atoms with E-state index < -0.39 is 0 Å². The lowest BCUT2D eigenvalue weighted by molar-refractivity contribution is 0.669. The summed E-state index contributed by atoms with van der Waals surface area (Å²) < 4.78 is 6.21. The van der Waals surface area contributed by atoms with Crippen molar-refractivity contribution in [3.63, 3.8) is 0 Å². The van der Waals surface area contributed by atoms with Crippen LogP contribution in [0.4, 0.5) is 0 Å². The molecule has 1 aromatic heterocycles. The summed E-state index contributed by atoms with van der Waals surface area (Å²) in [4.78, 5) is 0. The molecule has 0 saturated heterocycles. The summed E-state index contributed by atoms with van der Waals surface area (Å²) in [6.07, 6.45) is 0. The van der Waals surface area contributed by atoms with Gasteiger partial charge in [-0.15, -0.1) is 0 Å². The molecule has 0 fully saturated rings. The van der Waals surface area contributed by atoms with Gasteiger partial charge in [0.2, 0.25) is 0 Å². The van der Waals surface area contributed by atoms with Gasteiger partial charge < -0.3 is 4.42 Å². The fourth-order valence-corrected chi connectivity index (χ4v) is 7.98. The third-order valence-electron chi connectivity index (χ3n) is 10.3. The number of hydrogen-bond donors (Lipinski definition) is 0. The van der Waals surface area contributed by atoms with E-state index in [1.807, 2.05) is 12.1 Å². The second-order valence-corrected chi connectivity index (χ2v) is 13.3. The Bertz CT molecular complexity index is 2880. The van der Waals surface area contributed by atoms with E-state index in [9.17, 15) is 0 Å². The Morgan fingerprint density at radius 1 is 0.320 bits per heavy atom. The lowest BCUT2D eigenvalue weighted by Crippen LogP contribution is -1.92. The second-order valence-electron chi connectivity index (χ2n) is 13.3. The molecule has 0 aliphatic carbocycles. The molecule has 10 rings (SSSR count). The monoisotopic (exact) mass is 636 g/mol. The quantitative estimate of drug-likeness (QED) is 0.175. The van der Waals surface area contributed by atoms with Crippen molar-refractivity contribution in [3.05, 3.63) is 181 Å². The van der Waals surface area contributed by atoms with Gasteiger partial charge in [0, 0.05) is 10.8 Å². The highest BCUT2D eigenvalue weighted by molar-refractivity contribution is 6.24. The molecule has 234 valence electrons. The van der Waals surface area contributed by atoms with Gasteiger partial charge in [-0.1, -0.05) is 151 Å². The summed E-state index contributed by atoms with van der Waals surface area (Å²) in [6, 6.07) is 64.1. The van der Waals surface area contributed by atoms with Crippen LogP contribution in [0, 0.1) is 6.92 Å². The van der Waals surface area contributed by atoms with Crippen molar-refractivity contribution in [2.45, 2.75) is 6.92 Å². The molecule has 1 heteroatoms. The Balaban J connectivity index is 1.21. The molecule has 1 nitrogen and oxygen atoms in total. The Kier molecular flexibility index (Phi) is 6.47. The van der Waals surface area contributed by atoms with E-state index >= 15 is 0 Å². The molecular weight excluding hydrogens is 605 g/mol. The van der Waals surface area contributed by atoms with Gasteiger partial charge in [-0.25, -0.2) is 0 Å². The Hall–Kier alpha value is -6.44. The van der Waals surface area contributed by atoms with Gasteiger partial charge in [-0.05, 0) is 114 Å². The number of fused-ring (bicyclic) bond motifs is 6. The SMILES string of the molecule is Cc1cccc(-c2cccc(-c3ccc4cccc(-c5c6ccccc6c(-c6ccc7oc8ccccc8c7c6)c6ccccc56)c4c3)c2)c1. The summed E-state index contributed by atoms with van der Waals surface area (Å²) in [6.45, 7) is 2.15. The van der Waals surface area contributed by atoms with Crippen LogP contribution in [0.1, 0.15) is 5.56 Å². The van der Waals surface area contributed by atoms with Crippen molar-refractivity contribution in [2.75, 3.05) is 0 Å². The maximum absolute atomic E-state index is 6.21. The van der Waals surface area contributed by atoms with Gasteiger partial charge in [-0.3, -0.25) is 0 Å². The predicted molar refractivity (Wildman–Crippen MR) is 213 cm³/mol. The van der Waals surface area contributed by atoms with Crippen molar-refractivity contribution in [3.8, 4) is 44.5 Å². The number of aryl methyl sites for hydroxylation is 1. The number of hydrogen-bond acceptors (Lipinski definition) is 1. The van der Waals surface area contributed by atoms with Gasteiger partial charge in [0.15, 0.2) is 0 Å². The van der Waals surface area contributed by atoms with Crippen LogP contribution in [-0.4, -0.2) is 0 Å². The maximum atomic E-state index is 6.21. The van der Waals surface area contributed by atoms with E-state index in [-0.39, 0.29) is 0 Å². The second kappa shape index (κ2) is 11.3. The number of furan rings is 1. The minimum atomic E-state index is 0.913. The standard InChI is InChI=1S/C49H32O/c1-31-11-8-13-33(27-31)34-14-9-15-35(28-34)36-24-23-32-12-10-21-43(44(32)29-36)49-41-19-4-2-17-39(41)48(40-18-3-5-20-42(40)49)37-25-26-47-45(30-37)38-16-6-7-22-46(38)50-47/h2-30H,1H3. The van der Waals surface area contributed by atoms with E-state index in [0.29, 0.717) is 0 Å². The molecule has 0 spiro atoms. The molecule has 1 heterocycles. The first-order chi connectivity index (χ1) is 24.7. The fraction of sp³-hybridized carbons (Fsp3) is 0.0204. The minimum absolute atomic E-state index is 0.913. The molecule has 10 aromatic rings. The summed E-state index contributed by atoms with van der Waals surface area (Å²) in [5, 5.41) is 9.75. The number of rotatable bonds is 4. The molecule has 0 saturated carbocycles. The lowest BCUT2D eigenvalue weighted by atomic mass is 9.84. The van der Waals surface area contributed by atoms with Crippen molar-refractivity contribution in [2.24, 2.45) is 0 Å². The number of benzene rings is 9. The van der Waals surface area contributed by atoms with E-state index in [1.165, 1.54) is 82.4 Å². The normalized spacial score (nSPS) is 11.7. The van der Waals surface area contributed by atoms with E-state index in [0.717, 1.165) is 21.9 Å². The Morgan fingerprint density at radius 3 is 1.58 bits per heavy atom. The van der Waals surface area contributed by atoms with Crippen LogP contribution in [0.2, 0.25) is 0 Å². The third kappa shape index (κ3) is 4.55. The van der Waals surface area contributed by atoms with Crippen molar-refractivity contribution >= 4 is 54.3 Å². The maximum Gasteiger partial charge on any atom is 0.135 e. The van der Waals surface area contributed by atoms with Gasteiger partial charge >= 0.3 is 0 Å². The smallest absolute Gasteiger partial charge is 0.135 e. The van der Waals surface area contributed by atoms with Crippen LogP contribution in [0.25, 0.3) is 98.8 Å². The van der Waals surface area contributed by atoms with Crippen LogP contribution < -0.4 is 0 Å². The first kappa shape index (κ1) is 28.6. The van der Waals surface area contributed by atoms with Crippen molar-refractivity contribution in [1.29, 1.82) is 0 Å². The summed E-state index contributed by atoms with van der Waals surface area (Å²) >= 11 is 0. The first-order valence-corrected chi connectivity index (χ1v) is 17.3. The zero-order chi connectivity index (χ0) is 33.2. The molecular formula is C49H32O. The molecule has 0 unspecified atom stereocenters. The molecule has 0 bridgehead atoms. The highest BCUT2D eigenvalue weighted by Gasteiger charge is 2.19. The molecule has 0 amide bonds. The summed E-state index contributed by atoms with van der Waals surface area (Å²) in [7, 11) is 0. The van der Waals surface area contributed by atoms with Gasteiger partial charge in [-0.2, -0.15) is 0 Å². The van der Waals surface area contributed by atoms with Crippen LogP contribution in [-0.2, 0) is 0 Å². The molecule has 0 atom stereocenters. The molecule has 0 N–H and O–H groups in total. The minimum Gasteiger partial charge on any atom is -0.456 e. The highest BCUT2D eigenvalue weighted by Crippen LogP contribution is 2.46. The van der Waals surface area contributed by atoms with E-state index in [2.05, 4.69) is 171 Å². The predicted octanol–water partition coefficient (Wildman–Crippen LogP) is 14.0. The zero-order valence-electron chi connectivity index (χ0n) is 27.7. The van der Waals surface area contributed by atoms with Crippen LogP contribution in [0.3, 0.4) is 0 Å². The molecule has 0 aliphatic heterocycles. The Morgan fingerprint density at radius 2 is 0.860 bits per heavy atom. The largest absolute Gasteiger partial charge is 0.456 e. The average molecular weight is 637 g/mol. The molecule has 0 radical (unpaired) electrons. The average Bonchev–Trinajstić information content (AvgIpc) is 3.54. The van der Waals surface area contributed by atoms with Crippen LogP contribution >= 0.6 is 0 Å². The lowest BCUT2D eigenvalue weighted by Gasteiger charge is -2.19. The van der Waals surface area contributed by atoms with E-state index in [1.54, 1.807) is 0 Å². The third-order valence-corrected chi connectivity index (χ3v) is 10.3. The summed E-state index contributed by atoms with van der Waals surface area (Å²) in [5.41, 5.74) is 13.0. The van der Waals surface area contributed by atoms with Crippen LogP contribution in [0.5, 0.6) is 0 Å². The van der Waals surface area contributed by atoms with Crippen molar-refractivity contribution < 1.29 is 4.42 Å². The summed E-state index contributed by atoms with van der Waals surface area (Å²) in [5.74, 6) is 0. The van der Waals surface area contributed by atoms with Gasteiger partial charge in [0.25, 0.3) is 0 Å². The van der Waals surface area contributed by atoms with E-state index in [4.69, 9.17) is 4.42 Å². The topological polar surface area (TPSA) is 13.1 Å². The number of para-hydroxylation sites is 1. The van der Waals surface area contributed by atoms with Gasteiger partial charge in [0.05, 0.1) is 0 Å². The highest BCUT2D eigenvalue weighted by atomic mass is 16.3. The molecule has 0 aliphatic rings.